The van der Waals surface area contributed by atoms with E-state index in [1.165, 1.54) is 31.2 Å². The number of hydrogen-bond acceptors (Lipinski definition) is 2. The summed E-state index contributed by atoms with van der Waals surface area (Å²) in [5, 5.41) is 3.71. The van der Waals surface area contributed by atoms with Crippen LogP contribution in [0, 0.1) is 11.8 Å². The second-order valence-electron chi connectivity index (χ2n) is 6.22. The summed E-state index contributed by atoms with van der Waals surface area (Å²) < 4.78 is 5.50. The average molecular weight is 275 g/mol. The highest BCUT2D eigenvalue weighted by Gasteiger charge is 2.24. The Hall–Kier alpha value is -1.02. The van der Waals surface area contributed by atoms with Crippen molar-refractivity contribution in [2.45, 2.75) is 52.0 Å². The Balaban J connectivity index is 2.00. The highest BCUT2D eigenvalue weighted by molar-refractivity contribution is 5.33. The smallest absolute Gasteiger partial charge is 0.122 e. The number of nitrogens with one attached hydrogen (secondary N) is 1. The van der Waals surface area contributed by atoms with Gasteiger partial charge in [0.25, 0.3) is 0 Å². The first-order valence-electron chi connectivity index (χ1n) is 8.09. The van der Waals surface area contributed by atoms with Crippen molar-refractivity contribution in [1.29, 1.82) is 0 Å². The highest BCUT2D eigenvalue weighted by Crippen LogP contribution is 2.27. The zero-order valence-corrected chi connectivity index (χ0v) is 13.2. The third kappa shape index (κ3) is 4.52. The molecule has 1 N–H and O–H groups in total. The minimum absolute atomic E-state index is 0.701. The number of rotatable bonds is 9. The molecule has 0 amide bonds. The van der Waals surface area contributed by atoms with Gasteiger partial charge in [0.1, 0.15) is 5.75 Å². The Labute approximate surface area is 123 Å². The van der Waals surface area contributed by atoms with Crippen molar-refractivity contribution in [3.63, 3.8) is 0 Å². The van der Waals surface area contributed by atoms with E-state index in [0.29, 0.717) is 5.92 Å². The number of benzene rings is 1. The largest absolute Gasteiger partial charge is 0.496 e. The molecule has 1 aromatic carbocycles. The fraction of sp³-hybridized carbons (Fsp3) is 0.667. The zero-order valence-electron chi connectivity index (χ0n) is 13.2. The van der Waals surface area contributed by atoms with Crippen LogP contribution in [0.1, 0.15) is 45.1 Å². The number of para-hydroxylation sites is 1. The molecule has 2 nitrogen and oxygen atoms in total. The third-order valence-electron chi connectivity index (χ3n) is 4.47. The van der Waals surface area contributed by atoms with Crippen molar-refractivity contribution < 1.29 is 4.74 Å². The van der Waals surface area contributed by atoms with Crippen LogP contribution >= 0.6 is 0 Å². The van der Waals surface area contributed by atoms with Crippen LogP contribution in [0.5, 0.6) is 5.75 Å². The van der Waals surface area contributed by atoms with Gasteiger partial charge in [-0.05, 0) is 49.3 Å². The van der Waals surface area contributed by atoms with E-state index < -0.39 is 0 Å². The van der Waals surface area contributed by atoms with E-state index in [-0.39, 0.29) is 0 Å². The van der Waals surface area contributed by atoms with Crippen LogP contribution in [-0.4, -0.2) is 19.7 Å². The molecule has 0 aromatic heterocycles. The Kier molecular flexibility index (Phi) is 5.90. The molecular weight excluding hydrogens is 246 g/mol. The van der Waals surface area contributed by atoms with Crippen LogP contribution in [0.15, 0.2) is 24.3 Å². The molecule has 2 unspecified atom stereocenters. The van der Waals surface area contributed by atoms with E-state index in [9.17, 15) is 0 Å². The molecule has 0 heterocycles. The van der Waals surface area contributed by atoms with E-state index in [1.807, 2.05) is 0 Å². The van der Waals surface area contributed by atoms with Crippen molar-refractivity contribution in [3.05, 3.63) is 29.8 Å². The molecule has 1 aromatic rings. The van der Waals surface area contributed by atoms with Gasteiger partial charge in [-0.2, -0.15) is 0 Å². The van der Waals surface area contributed by atoms with Gasteiger partial charge in [-0.15, -0.1) is 0 Å². The summed E-state index contributed by atoms with van der Waals surface area (Å²) in [6.07, 6.45) is 6.43. The van der Waals surface area contributed by atoms with Crippen molar-refractivity contribution in [2.75, 3.05) is 13.7 Å². The molecule has 1 aliphatic carbocycles. The standard InChI is InChI=1S/C18H29NO/c1-4-7-14(2)16(13-19-17-10-11-17)12-15-8-5-6-9-18(15)20-3/h5-6,8-9,14,16-17,19H,4,7,10-13H2,1-3H3. The second kappa shape index (κ2) is 7.68. The first-order valence-corrected chi connectivity index (χ1v) is 8.09. The van der Waals surface area contributed by atoms with Gasteiger partial charge in [0, 0.05) is 6.04 Å². The summed E-state index contributed by atoms with van der Waals surface area (Å²) in [7, 11) is 1.77. The summed E-state index contributed by atoms with van der Waals surface area (Å²) >= 11 is 0. The van der Waals surface area contributed by atoms with E-state index >= 15 is 0 Å². The van der Waals surface area contributed by atoms with Gasteiger partial charge >= 0.3 is 0 Å². The minimum atomic E-state index is 0.701. The highest BCUT2D eigenvalue weighted by atomic mass is 16.5. The lowest BCUT2D eigenvalue weighted by atomic mass is 9.85. The van der Waals surface area contributed by atoms with Crippen LogP contribution in [0.25, 0.3) is 0 Å². The number of ether oxygens (including phenoxy) is 1. The van der Waals surface area contributed by atoms with Crippen molar-refractivity contribution >= 4 is 0 Å². The predicted octanol–water partition coefficient (Wildman–Crippen LogP) is 4.04. The fourth-order valence-corrected chi connectivity index (χ4v) is 2.93. The fourth-order valence-electron chi connectivity index (χ4n) is 2.93. The SMILES string of the molecule is CCCC(C)C(CNC1CC1)Cc1ccccc1OC. The van der Waals surface area contributed by atoms with Crippen molar-refractivity contribution in [3.8, 4) is 5.75 Å². The Morgan fingerprint density at radius 1 is 1.30 bits per heavy atom. The summed E-state index contributed by atoms with van der Waals surface area (Å²) in [5.41, 5.74) is 1.35. The lowest BCUT2D eigenvalue weighted by Crippen LogP contribution is -2.30. The van der Waals surface area contributed by atoms with Crippen molar-refractivity contribution in [2.24, 2.45) is 11.8 Å². The van der Waals surface area contributed by atoms with E-state index in [2.05, 4.69) is 43.4 Å². The topological polar surface area (TPSA) is 21.3 Å². The zero-order chi connectivity index (χ0) is 14.4. The van der Waals surface area contributed by atoms with E-state index in [1.54, 1.807) is 7.11 Å². The molecule has 2 atom stereocenters. The predicted molar refractivity (Wildman–Crippen MR) is 85.3 cm³/mol. The van der Waals surface area contributed by atoms with Gasteiger partial charge in [-0.3, -0.25) is 0 Å². The molecule has 1 saturated carbocycles. The molecule has 112 valence electrons. The first kappa shape index (κ1) is 15.4. The molecule has 2 heteroatoms. The maximum Gasteiger partial charge on any atom is 0.122 e. The van der Waals surface area contributed by atoms with Gasteiger partial charge in [0.2, 0.25) is 0 Å². The molecule has 1 fully saturated rings. The molecule has 0 saturated heterocycles. The first-order chi connectivity index (χ1) is 9.74. The Bertz CT molecular complexity index is 400. The van der Waals surface area contributed by atoms with Crippen LogP contribution in [0.4, 0.5) is 0 Å². The molecule has 0 spiro atoms. The molecule has 0 radical (unpaired) electrons. The summed E-state index contributed by atoms with van der Waals surface area (Å²) in [4.78, 5) is 0. The normalized spacial score (nSPS) is 17.8. The Morgan fingerprint density at radius 3 is 2.70 bits per heavy atom. The molecule has 20 heavy (non-hydrogen) atoms. The van der Waals surface area contributed by atoms with Crippen LogP contribution in [0.3, 0.4) is 0 Å². The molecule has 0 bridgehead atoms. The number of methoxy groups -OCH3 is 1. The quantitative estimate of drug-likeness (QED) is 0.734. The van der Waals surface area contributed by atoms with Crippen LogP contribution < -0.4 is 10.1 Å². The lowest BCUT2D eigenvalue weighted by Gasteiger charge is -2.25. The van der Waals surface area contributed by atoms with Crippen molar-refractivity contribution in [1.82, 2.24) is 5.32 Å². The van der Waals surface area contributed by atoms with Gasteiger partial charge < -0.3 is 10.1 Å². The monoisotopic (exact) mass is 275 g/mol. The molecule has 2 rings (SSSR count). The molecule has 0 aliphatic heterocycles. The van der Waals surface area contributed by atoms with Crippen LogP contribution in [0.2, 0.25) is 0 Å². The van der Waals surface area contributed by atoms with Gasteiger partial charge in [-0.25, -0.2) is 0 Å². The average Bonchev–Trinajstić information content (AvgIpc) is 3.28. The van der Waals surface area contributed by atoms with Gasteiger partial charge in [0.05, 0.1) is 7.11 Å². The summed E-state index contributed by atoms with van der Waals surface area (Å²) in [6.45, 7) is 5.83. The Morgan fingerprint density at radius 2 is 2.05 bits per heavy atom. The molecule has 1 aliphatic rings. The summed E-state index contributed by atoms with van der Waals surface area (Å²) in [5.74, 6) is 2.50. The van der Waals surface area contributed by atoms with Gasteiger partial charge in [0.15, 0.2) is 0 Å². The number of hydrogen-bond donors (Lipinski definition) is 1. The van der Waals surface area contributed by atoms with E-state index in [0.717, 1.165) is 30.7 Å². The van der Waals surface area contributed by atoms with Gasteiger partial charge in [-0.1, -0.05) is 44.9 Å². The van der Waals surface area contributed by atoms with E-state index in [4.69, 9.17) is 4.74 Å². The summed E-state index contributed by atoms with van der Waals surface area (Å²) in [6, 6.07) is 9.25. The maximum atomic E-state index is 5.50. The maximum absolute atomic E-state index is 5.50. The minimum Gasteiger partial charge on any atom is -0.496 e. The molecular formula is C18H29NO. The third-order valence-corrected chi connectivity index (χ3v) is 4.47. The lowest BCUT2D eigenvalue weighted by molar-refractivity contribution is 0.312. The van der Waals surface area contributed by atoms with Crippen LogP contribution in [-0.2, 0) is 6.42 Å². The second-order valence-corrected chi connectivity index (χ2v) is 6.22.